The number of likely N-dealkylation sites (tertiary alicyclic amines) is 1. The van der Waals surface area contributed by atoms with Gasteiger partial charge in [-0.2, -0.15) is 0 Å². The predicted octanol–water partition coefficient (Wildman–Crippen LogP) is 3.93. The van der Waals surface area contributed by atoms with Crippen molar-refractivity contribution in [3.05, 3.63) is 0 Å². The molecule has 2 aliphatic rings. The third-order valence-electron chi connectivity index (χ3n) is 5.82. The third kappa shape index (κ3) is 4.46. The molecule has 2 rings (SSSR count). The minimum absolute atomic E-state index is 0.0362. The molecule has 1 N–H and O–H groups in total. The largest absolute Gasteiger partial charge is 0.393 e. The Morgan fingerprint density at radius 3 is 2.40 bits per heavy atom. The summed E-state index contributed by atoms with van der Waals surface area (Å²) in [5.41, 5.74) is 0. The molecule has 0 spiro atoms. The second-order valence-electron chi connectivity index (χ2n) is 7.68. The van der Waals surface area contributed by atoms with Gasteiger partial charge in [-0.15, -0.1) is 0 Å². The molecule has 1 aliphatic carbocycles. The SMILES string of the molecule is CCCC1CCC(O)C(CN2CCC(C(C)C)CC2)C1. The minimum Gasteiger partial charge on any atom is -0.393 e. The number of nitrogens with zero attached hydrogens (tertiary/aromatic N) is 1. The average Bonchev–Trinajstić information content (AvgIpc) is 2.43. The minimum atomic E-state index is -0.0362. The van der Waals surface area contributed by atoms with Crippen molar-refractivity contribution >= 4 is 0 Å². The van der Waals surface area contributed by atoms with Crippen LogP contribution >= 0.6 is 0 Å². The lowest BCUT2D eigenvalue weighted by atomic mass is 9.77. The normalized spacial score (nSPS) is 33.8. The van der Waals surface area contributed by atoms with Gasteiger partial charge in [-0.3, -0.25) is 0 Å². The first-order valence-corrected chi connectivity index (χ1v) is 9.00. The summed E-state index contributed by atoms with van der Waals surface area (Å²) in [7, 11) is 0. The lowest BCUT2D eigenvalue weighted by molar-refractivity contribution is 0.0176. The molecule has 118 valence electrons. The van der Waals surface area contributed by atoms with Crippen LogP contribution in [0.2, 0.25) is 0 Å². The molecular weight excluding hydrogens is 246 g/mol. The summed E-state index contributed by atoms with van der Waals surface area (Å²) >= 11 is 0. The van der Waals surface area contributed by atoms with Crippen molar-refractivity contribution in [3.63, 3.8) is 0 Å². The second kappa shape index (κ2) is 7.79. The van der Waals surface area contributed by atoms with Crippen LogP contribution in [0.4, 0.5) is 0 Å². The molecule has 2 fully saturated rings. The molecule has 0 aromatic heterocycles. The lowest BCUT2D eigenvalue weighted by Gasteiger charge is -2.39. The van der Waals surface area contributed by atoms with Crippen LogP contribution in [0.25, 0.3) is 0 Å². The molecule has 0 bridgehead atoms. The Hall–Kier alpha value is -0.0800. The second-order valence-corrected chi connectivity index (χ2v) is 7.68. The Morgan fingerprint density at radius 1 is 1.10 bits per heavy atom. The zero-order valence-electron chi connectivity index (χ0n) is 13.9. The molecule has 1 aliphatic heterocycles. The third-order valence-corrected chi connectivity index (χ3v) is 5.82. The van der Waals surface area contributed by atoms with Gasteiger partial charge >= 0.3 is 0 Å². The highest BCUT2D eigenvalue weighted by Gasteiger charge is 2.31. The number of aliphatic hydroxyl groups is 1. The van der Waals surface area contributed by atoms with Crippen LogP contribution in [0, 0.1) is 23.7 Å². The van der Waals surface area contributed by atoms with E-state index in [1.165, 1.54) is 51.6 Å². The first kappa shape index (κ1) is 16.3. The van der Waals surface area contributed by atoms with Gasteiger partial charge in [0.05, 0.1) is 6.10 Å². The summed E-state index contributed by atoms with van der Waals surface area (Å²) in [5, 5.41) is 10.3. The molecule has 3 unspecified atom stereocenters. The smallest absolute Gasteiger partial charge is 0.0580 e. The molecule has 1 saturated heterocycles. The molecule has 2 nitrogen and oxygen atoms in total. The van der Waals surface area contributed by atoms with Crippen molar-refractivity contribution in [2.24, 2.45) is 23.7 Å². The molecular formula is C18H35NO. The maximum absolute atomic E-state index is 10.3. The molecule has 1 saturated carbocycles. The summed E-state index contributed by atoms with van der Waals surface area (Å²) in [6.07, 6.45) is 8.90. The van der Waals surface area contributed by atoms with Gasteiger partial charge in [0.15, 0.2) is 0 Å². The maximum atomic E-state index is 10.3. The maximum Gasteiger partial charge on any atom is 0.0580 e. The van der Waals surface area contributed by atoms with Crippen molar-refractivity contribution < 1.29 is 5.11 Å². The van der Waals surface area contributed by atoms with E-state index in [1.807, 2.05) is 0 Å². The summed E-state index contributed by atoms with van der Waals surface area (Å²) < 4.78 is 0. The van der Waals surface area contributed by atoms with E-state index < -0.39 is 0 Å². The quantitative estimate of drug-likeness (QED) is 0.825. The Balaban J connectivity index is 1.77. The van der Waals surface area contributed by atoms with Gasteiger partial charge in [0.2, 0.25) is 0 Å². The van der Waals surface area contributed by atoms with Crippen molar-refractivity contribution in [1.82, 2.24) is 4.90 Å². The highest BCUT2D eigenvalue weighted by atomic mass is 16.3. The van der Waals surface area contributed by atoms with Crippen LogP contribution in [-0.4, -0.2) is 35.7 Å². The van der Waals surface area contributed by atoms with Crippen LogP contribution in [0.5, 0.6) is 0 Å². The van der Waals surface area contributed by atoms with Crippen LogP contribution < -0.4 is 0 Å². The predicted molar refractivity (Wildman–Crippen MR) is 85.7 cm³/mol. The van der Waals surface area contributed by atoms with E-state index in [0.717, 1.165) is 30.7 Å². The molecule has 20 heavy (non-hydrogen) atoms. The summed E-state index contributed by atoms with van der Waals surface area (Å²) in [4.78, 5) is 2.63. The van der Waals surface area contributed by atoms with E-state index in [2.05, 4.69) is 25.7 Å². The van der Waals surface area contributed by atoms with Gasteiger partial charge in [-0.25, -0.2) is 0 Å². The zero-order valence-corrected chi connectivity index (χ0v) is 13.9. The van der Waals surface area contributed by atoms with Gasteiger partial charge < -0.3 is 10.0 Å². The monoisotopic (exact) mass is 281 g/mol. The number of hydrogen-bond acceptors (Lipinski definition) is 2. The van der Waals surface area contributed by atoms with Crippen molar-refractivity contribution in [3.8, 4) is 0 Å². The standard InChI is InChI=1S/C18H35NO/c1-4-5-15-6-7-18(20)17(12-15)13-19-10-8-16(9-11-19)14(2)3/h14-18,20H,4-13H2,1-3H3. The van der Waals surface area contributed by atoms with E-state index in [9.17, 15) is 5.11 Å². The Morgan fingerprint density at radius 2 is 1.80 bits per heavy atom. The molecule has 0 radical (unpaired) electrons. The van der Waals surface area contributed by atoms with Gasteiger partial charge in [-0.1, -0.05) is 33.6 Å². The van der Waals surface area contributed by atoms with Crippen LogP contribution in [0.3, 0.4) is 0 Å². The van der Waals surface area contributed by atoms with E-state index in [4.69, 9.17) is 0 Å². The topological polar surface area (TPSA) is 23.5 Å². The number of rotatable bonds is 5. The first-order chi connectivity index (χ1) is 9.60. The van der Waals surface area contributed by atoms with Crippen molar-refractivity contribution in [2.75, 3.05) is 19.6 Å². The van der Waals surface area contributed by atoms with Gasteiger partial charge in [0.25, 0.3) is 0 Å². The fourth-order valence-corrected chi connectivity index (χ4v) is 4.35. The van der Waals surface area contributed by atoms with Crippen molar-refractivity contribution in [2.45, 2.75) is 71.8 Å². The Labute approximate surface area is 125 Å². The van der Waals surface area contributed by atoms with Crippen LogP contribution in [0.1, 0.15) is 65.7 Å². The molecule has 1 heterocycles. The molecule has 0 amide bonds. The molecule has 3 atom stereocenters. The number of hydrogen-bond donors (Lipinski definition) is 1. The molecule has 0 aromatic rings. The first-order valence-electron chi connectivity index (χ1n) is 9.00. The highest BCUT2D eigenvalue weighted by Crippen LogP contribution is 2.34. The fourth-order valence-electron chi connectivity index (χ4n) is 4.35. The molecule has 0 aromatic carbocycles. The molecule has 2 heteroatoms. The summed E-state index contributed by atoms with van der Waals surface area (Å²) in [5.74, 6) is 3.18. The van der Waals surface area contributed by atoms with Gasteiger partial charge in [-0.05, 0) is 68.9 Å². The van der Waals surface area contributed by atoms with Crippen molar-refractivity contribution in [1.29, 1.82) is 0 Å². The van der Waals surface area contributed by atoms with E-state index in [0.29, 0.717) is 5.92 Å². The van der Waals surface area contributed by atoms with E-state index in [1.54, 1.807) is 0 Å². The Kier molecular flexibility index (Phi) is 6.35. The highest BCUT2D eigenvalue weighted by molar-refractivity contribution is 4.84. The van der Waals surface area contributed by atoms with Crippen LogP contribution in [-0.2, 0) is 0 Å². The number of piperidine rings is 1. The van der Waals surface area contributed by atoms with E-state index >= 15 is 0 Å². The average molecular weight is 281 g/mol. The van der Waals surface area contributed by atoms with Crippen LogP contribution in [0.15, 0.2) is 0 Å². The lowest BCUT2D eigenvalue weighted by Crippen LogP contribution is -2.43. The summed E-state index contributed by atoms with van der Waals surface area (Å²) in [6.45, 7) is 10.7. The number of aliphatic hydroxyl groups excluding tert-OH is 1. The fraction of sp³-hybridized carbons (Fsp3) is 1.00. The van der Waals surface area contributed by atoms with Gasteiger partial charge in [0.1, 0.15) is 0 Å². The van der Waals surface area contributed by atoms with E-state index in [-0.39, 0.29) is 6.10 Å². The zero-order chi connectivity index (χ0) is 14.5. The summed E-state index contributed by atoms with van der Waals surface area (Å²) in [6, 6.07) is 0. The van der Waals surface area contributed by atoms with Gasteiger partial charge in [0, 0.05) is 6.54 Å². The Bertz CT molecular complexity index is 271.